The van der Waals surface area contributed by atoms with Gasteiger partial charge < -0.3 is 9.31 Å². The number of carbonyl (C=O) groups excluding carboxylic acids is 2. The van der Waals surface area contributed by atoms with Crippen LogP contribution in [0.3, 0.4) is 0 Å². The first kappa shape index (κ1) is 16.3. The molecule has 24 heavy (non-hydrogen) atoms. The molecule has 5 nitrogen and oxygen atoms in total. The molecule has 3 rings (SSSR count). The molecule has 1 aliphatic rings. The van der Waals surface area contributed by atoms with E-state index in [1.807, 2.05) is 49.4 Å². The second-order valence-corrected chi connectivity index (χ2v) is 5.98. The van der Waals surface area contributed by atoms with Gasteiger partial charge in [0.05, 0.1) is 13.1 Å². The normalized spacial score (nSPS) is 16.2. The number of carbonyl (C=O) groups is 2. The molecular weight excluding hydrogens is 305 g/mol. The van der Waals surface area contributed by atoms with Crippen LogP contribution in [0.2, 0.25) is 0 Å². The number of benzene rings is 2. The molecule has 0 spiro atoms. The maximum Gasteiger partial charge on any atom is 0.636 e. The molecular formula is C18H18BNO4. The average molecular weight is 323 g/mol. The third-order valence-corrected chi connectivity index (χ3v) is 3.81. The summed E-state index contributed by atoms with van der Waals surface area (Å²) in [5, 5.41) is 0. The lowest BCUT2D eigenvalue weighted by molar-refractivity contribution is -0.145. The van der Waals surface area contributed by atoms with E-state index < -0.39 is 19.1 Å². The van der Waals surface area contributed by atoms with Crippen LogP contribution >= 0.6 is 0 Å². The Labute approximate surface area is 141 Å². The van der Waals surface area contributed by atoms with E-state index in [-0.39, 0.29) is 13.1 Å². The molecule has 2 aromatic rings. The Morgan fingerprint density at radius 2 is 1.54 bits per heavy atom. The van der Waals surface area contributed by atoms with Crippen LogP contribution in [0.15, 0.2) is 48.5 Å². The van der Waals surface area contributed by atoms with Crippen molar-refractivity contribution in [2.45, 2.75) is 6.92 Å². The Morgan fingerprint density at radius 1 is 0.917 bits per heavy atom. The molecule has 0 atom stereocenters. The molecule has 0 N–H and O–H groups in total. The first-order chi connectivity index (χ1) is 11.5. The summed E-state index contributed by atoms with van der Waals surface area (Å²) in [6.45, 7) is 2.17. The van der Waals surface area contributed by atoms with Gasteiger partial charge in [-0.3, -0.25) is 14.5 Å². The number of rotatable bonds is 2. The minimum atomic E-state index is -0.995. The summed E-state index contributed by atoms with van der Waals surface area (Å²) >= 11 is 0. The monoisotopic (exact) mass is 323 g/mol. The van der Waals surface area contributed by atoms with Gasteiger partial charge in [0.1, 0.15) is 0 Å². The molecule has 0 saturated carbocycles. The molecule has 1 heterocycles. The topological polar surface area (TPSA) is 55.8 Å². The zero-order valence-electron chi connectivity index (χ0n) is 13.7. The average Bonchev–Trinajstić information content (AvgIpc) is 2.53. The minimum absolute atomic E-state index is 0.0625. The van der Waals surface area contributed by atoms with Crippen molar-refractivity contribution >= 4 is 24.5 Å². The van der Waals surface area contributed by atoms with Crippen molar-refractivity contribution < 1.29 is 18.9 Å². The van der Waals surface area contributed by atoms with Crippen LogP contribution in [0, 0.1) is 6.92 Å². The molecule has 1 fully saturated rings. The zero-order valence-corrected chi connectivity index (χ0v) is 13.7. The molecule has 122 valence electrons. The number of nitrogens with zero attached hydrogens (tertiary/aromatic N) is 1. The van der Waals surface area contributed by atoms with Crippen molar-refractivity contribution in [3.05, 3.63) is 54.1 Å². The predicted molar refractivity (Wildman–Crippen MR) is 91.7 cm³/mol. The summed E-state index contributed by atoms with van der Waals surface area (Å²) in [5.41, 5.74) is 3.97. The molecule has 1 aliphatic heterocycles. The molecule has 0 bridgehead atoms. The van der Waals surface area contributed by atoms with Gasteiger partial charge in [-0.05, 0) is 25.1 Å². The maximum absolute atomic E-state index is 11.8. The summed E-state index contributed by atoms with van der Waals surface area (Å²) < 4.78 is 10.5. The Hall–Kier alpha value is -2.60. The maximum atomic E-state index is 11.8. The van der Waals surface area contributed by atoms with Gasteiger partial charge in [0.15, 0.2) is 0 Å². The van der Waals surface area contributed by atoms with E-state index in [1.165, 1.54) is 5.56 Å². The highest BCUT2D eigenvalue weighted by Crippen LogP contribution is 2.19. The second kappa shape index (κ2) is 6.89. The fourth-order valence-electron chi connectivity index (χ4n) is 2.63. The SMILES string of the molecule is Cc1cccc(-c2ccc(B3OC(=O)CN(C)CC(=O)O3)cc2)c1. The standard InChI is InChI=1S/C18H18BNO4/c1-13-4-3-5-15(10-13)14-6-8-16(9-7-14)19-23-17(21)11-20(2)12-18(22)24-19/h3-10H,11-12H2,1-2H3. The Morgan fingerprint density at radius 3 is 2.12 bits per heavy atom. The Balaban J connectivity index is 1.81. The third-order valence-electron chi connectivity index (χ3n) is 3.81. The van der Waals surface area contributed by atoms with Gasteiger partial charge in [-0.2, -0.15) is 0 Å². The number of hydrogen-bond acceptors (Lipinski definition) is 5. The molecule has 0 radical (unpaired) electrons. The van der Waals surface area contributed by atoms with E-state index in [1.54, 1.807) is 11.9 Å². The second-order valence-electron chi connectivity index (χ2n) is 5.98. The van der Waals surface area contributed by atoms with E-state index in [2.05, 4.69) is 6.07 Å². The minimum Gasteiger partial charge on any atom is -0.494 e. The van der Waals surface area contributed by atoms with E-state index in [0.29, 0.717) is 5.46 Å². The number of aryl methyl sites for hydroxylation is 1. The smallest absolute Gasteiger partial charge is 0.494 e. The van der Waals surface area contributed by atoms with Crippen molar-refractivity contribution in [1.82, 2.24) is 4.90 Å². The van der Waals surface area contributed by atoms with Gasteiger partial charge in [-0.1, -0.05) is 54.1 Å². The highest BCUT2D eigenvalue weighted by molar-refractivity contribution is 6.64. The quantitative estimate of drug-likeness (QED) is 0.782. The first-order valence-corrected chi connectivity index (χ1v) is 7.76. The van der Waals surface area contributed by atoms with E-state index >= 15 is 0 Å². The number of hydrogen-bond donors (Lipinski definition) is 0. The van der Waals surface area contributed by atoms with E-state index in [0.717, 1.165) is 11.1 Å². The summed E-state index contributed by atoms with van der Waals surface area (Å²) in [6, 6.07) is 15.7. The summed E-state index contributed by atoms with van der Waals surface area (Å²) in [7, 11) is 0.671. The molecule has 0 aliphatic carbocycles. The van der Waals surface area contributed by atoms with Gasteiger partial charge in [0.25, 0.3) is 0 Å². The lowest BCUT2D eigenvalue weighted by Gasteiger charge is -2.22. The molecule has 6 heteroatoms. The largest absolute Gasteiger partial charge is 0.636 e. The van der Waals surface area contributed by atoms with Crippen LogP contribution in [0.5, 0.6) is 0 Å². The van der Waals surface area contributed by atoms with Gasteiger partial charge >= 0.3 is 19.1 Å². The van der Waals surface area contributed by atoms with Crippen LogP contribution in [0.1, 0.15) is 5.56 Å². The lowest BCUT2D eigenvalue weighted by atomic mass is 9.78. The Kier molecular flexibility index (Phi) is 4.67. The van der Waals surface area contributed by atoms with Crippen LogP contribution in [-0.2, 0) is 18.9 Å². The molecule has 0 aromatic heterocycles. The van der Waals surface area contributed by atoms with Gasteiger partial charge in [0, 0.05) is 5.46 Å². The first-order valence-electron chi connectivity index (χ1n) is 7.76. The van der Waals surface area contributed by atoms with Gasteiger partial charge in [0.2, 0.25) is 0 Å². The summed E-state index contributed by atoms with van der Waals surface area (Å²) in [5.74, 6) is -0.837. The number of likely N-dealkylation sites (N-methyl/N-ethyl adjacent to an activating group) is 1. The molecule has 1 saturated heterocycles. The van der Waals surface area contributed by atoms with Crippen LogP contribution in [0.25, 0.3) is 11.1 Å². The van der Waals surface area contributed by atoms with Crippen molar-refractivity contribution in [3.63, 3.8) is 0 Å². The van der Waals surface area contributed by atoms with E-state index in [9.17, 15) is 9.59 Å². The van der Waals surface area contributed by atoms with Crippen molar-refractivity contribution in [2.75, 3.05) is 20.1 Å². The Bertz CT molecular complexity index is 740. The predicted octanol–water partition coefficient (Wildman–Crippen LogP) is 1.39. The fraction of sp³-hybridized carbons (Fsp3) is 0.222. The highest BCUT2D eigenvalue weighted by atomic mass is 16.6. The van der Waals surface area contributed by atoms with Gasteiger partial charge in [-0.15, -0.1) is 0 Å². The lowest BCUT2D eigenvalue weighted by Crippen LogP contribution is -2.47. The summed E-state index contributed by atoms with van der Waals surface area (Å²) in [4.78, 5) is 25.2. The van der Waals surface area contributed by atoms with E-state index in [4.69, 9.17) is 9.31 Å². The molecule has 2 aromatic carbocycles. The zero-order chi connectivity index (χ0) is 17.1. The van der Waals surface area contributed by atoms with Crippen LogP contribution in [-0.4, -0.2) is 44.1 Å². The van der Waals surface area contributed by atoms with Crippen molar-refractivity contribution in [3.8, 4) is 11.1 Å². The highest BCUT2D eigenvalue weighted by Gasteiger charge is 2.33. The fourth-order valence-corrected chi connectivity index (χ4v) is 2.63. The molecule has 0 amide bonds. The third kappa shape index (κ3) is 3.83. The van der Waals surface area contributed by atoms with Crippen LogP contribution in [0.4, 0.5) is 0 Å². The van der Waals surface area contributed by atoms with Crippen molar-refractivity contribution in [2.24, 2.45) is 0 Å². The van der Waals surface area contributed by atoms with Crippen molar-refractivity contribution in [1.29, 1.82) is 0 Å². The molecule has 0 unspecified atom stereocenters. The van der Waals surface area contributed by atoms with Gasteiger partial charge in [-0.25, -0.2) is 0 Å². The van der Waals surface area contributed by atoms with Crippen LogP contribution < -0.4 is 5.46 Å². The summed E-state index contributed by atoms with van der Waals surface area (Å²) in [6.07, 6.45) is 0.